The molecule has 1 saturated heterocycles. The number of imidazole rings is 1. The number of rotatable bonds is 1. The summed E-state index contributed by atoms with van der Waals surface area (Å²) in [7, 11) is 0. The van der Waals surface area contributed by atoms with Gasteiger partial charge in [0, 0.05) is 18.4 Å². The Morgan fingerprint density at radius 1 is 1.56 bits per heavy atom. The third kappa shape index (κ3) is 1.69. The second-order valence-corrected chi connectivity index (χ2v) is 6.06. The van der Waals surface area contributed by atoms with E-state index < -0.39 is 11.6 Å². The second kappa shape index (κ2) is 4.00. The van der Waals surface area contributed by atoms with Crippen molar-refractivity contribution in [2.45, 2.75) is 46.1 Å². The van der Waals surface area contributed by atoms with Gasteiger partial charge in [0.2, 0.25) is 0 Å². The number of likely N-dealkylation sites (tertiary alicyclic amines) is 1. The first-order valence-electron chi connectivity index (χ1n) is 6.32. The lowest BCUT2D eigenvalue weighted by Gasteiger charge is -2.45. The third-order valence-corrected chi connectivity index (χ3v) is 3.95. The van der Waals surface area contributed by atoms with Crippen molar-refractivity contribution in [3.63, 3.8) is 0 Å². The van der Waals surface area contributed by atoms with Crippen LogP contribution < -0.4 is 0 Å². The van der Waals surface area contributed by atoms with Gasteiger partial charge in [0.25, 0.3) is 0 Å². The minimum Gasteiger partial charge on any atom is -0.465 e. The minimum atomic E-state index is -0.864. The monoisotopic (exact) mass is 251 g/mol. The van der Waals surface area contributed by atoms with Crippen LogP contribution in [0, 0.1) is 12.3 Å². The fourth-order valence-electron chi connectivity index (χ4n) is 3.08. The lowest BCUT2D eigenvalue weighted by Crippen LogP contribution is -2.53. The molecule has 1 aliphatic heterocycles. The Morgan fingerprint density at radius 2 is 2.22 bits per heavy atom. The van der Waals surface area contributed by atoms with Crippen molar-refractivity contribution in [1.29, 1.82) is 0 Å². The Hall–Kier alpha value is -1.52. The Morgan fingerprint density at radius 3 is 2.67 bits per heavy atom. The Labute approximate surface area is 107 Å². The predicted octanol–water partition coefficient (Wildman–Crippen LogP) is 2.73. The molecule has 1 amide bonds. The molecule has 1 atom stereocenters. The van der Waals surface area contributed by atoms with Gasteiger partial charge in [-0.05, 0) is 25.2 Å². The molecule has 5 nitrogen and oxygen atoms in total. The average molecular weight is 251 g/mol. The van der Waals surface area contributed by atoms with E-state index in [0.29, 0.717) is 6.54 Å². The summed E-state index contributed by atoms with van der Waals surface area (Å²) in [5.74, 6) is 0.771. The van der Waals surface area contributed by atoms with Crippen molar-refractivity contribution >= 4 is 6.09 Å². The maximum Gasteiger partial charge on any atom is 0.408 e. The van der Waals surface area contributed by atoms with Gasteiger partial charge < -0.3 is 10.1 Å². The maximum absolute atomic E-state index is 11.5. The van der Waals surface area contributed by atoms with E-state index in [1.54, 1.807) is 11.1 Å². The molecule has 18 heavy (non-hydrogen) atoms. The van der Waals surface area contributed by atoms with E-state index in [9.17, 15) is 9.90 Å². The van der Waals surface area contributed by atoms with Crippen LogP contribution in [-0.4, -0.2) is 32.6 Å². The van der Waals surface area contributed by atoms with Crippen LogP contribution in [0.2, 0.25) is 0 Å². The molecule has 1 aromatic rings. The van der Waals surface area contributed by atoms with Crippen LogP contribution in [0.1, 0.15) is 45.1 Å². The van der Waals surface area contributed by atoms with E-state index in [-0.39, 0.29) is 5.41 Å². The zero-order valence-corrected chi connectivity index (χ0v) is 11.4. The highest BCUT2D eigenvalue weighted by molar-refractivity contribution is 5.67. The third-order valence-electron chi connectivity index (χ3n) is 3.95. The Bertz CT molecular complexity index is 461. The van der Waals surface area contributed by atoms with Crippen LogP contribution in [0.25, 0.3) is 0 Å². The fourth-order valence-corrected chi connectivity index (χ4v) is 3.08. The van der Waals surface area contributed by atoms with Gasteiger partial charge in [-0.2, -0.15) is 0 Å². The first-order valence-corrected chi connectivity index (χ1v) is 6.32. The number of aromatic amines is 1. The Kier molecular flexibility index (Phi) is 2.87. The molecule has 0 saturated carbocycles. The summed E-state index contributed by atoms with van der Waals surface area (Å²) >= 11 is 0. The highest BCUT2D eigenvalue weighted by Crippen LogP contribution is 2.50. The predicted molar refractivity (Wildman–Crippen MR) is 68.4 cm³/mol. The number of H-pyrrole nitrogens is 1. The highest BCUT2D eigenvalue weighted by atomic mass is 16.4. The first-order chi connectivity index (χ1) is 8.29. The number of nitrogens with one attached hydrogen (secondary N) is 1. The van der Waals surface area contributed by atoms with E-state index in [0.717, 1.165) is 24.4 Å². The lowest BCUT2D eigenvalue weighted by atomic mass is 9.71. The van der Waals surface area contributed by atoms with Gasteiger partial charge in [0.15, 0.2) is 0 Å². The van der Waals surface area contributed by atoms with Gasteiger partial charge in [0.1, 0.15) is 11.4 Å². The molecule has 0 bridgehead atoms. The summed E-state index contributed by atoms with van der Waals surface area (Å²) < 4.78 is 0. The number of aromatic nitrogens is 2. The van der Waals surface area contributed by atoms with Gasteiger partial charge in [-0.15, -0.1) is 0 Å². The molecule has 0 aromatic carbocycles. The molecule has 2 heterocycles. The number of amides is 1. The molecule has 0 radical (unpaired) electrons. The molecule has 1 aliphatic rings. The van der Waals surface area contributed by atoms with Gasteiger partial charge >= 0.3 is 6.09 Å². The Balaban J connectivity index is 2.58. The van der Waals surface area contributed by atoms with Gasteiger partial charge in [-0.3, -0.25) is 4.90 Å². The smallest absolute Gasteiger partial charge is 0.408 e. The molecular weight excluding hydrogens is 230 g/mol. The first kappa shape index (κ1) is 12.9. The van der Waals surface area contributed by atoms with Gasteiger partial charge in [-0.1, -0.05) is 20.8 Å². The minimum absolute atomic E-state index is 0.202. The summed E-state index contributed by atoms with van der Waals surface area (Å²) in [6.45, 7) is 8.74. The highest BCUT2D eigenvalue weighted by Gasteiger charge is 2.54. The normalized spacial score (nSPS) is 24.6. The summed E-state index contributed by atoms with van der Waals surface area (Å²) in [6.07, 6.45) is 2.59. The summed E-state index contributed by atoms with van der Waals surface area (Å²) in [5.41, 5.74) is 0.213. The zero-order valence-electron chi connectivity index (χ0n) is 11.4. The number of carbonyl (C=O) groups is 1. The van der Waals surface area contributed by atoms with Crippen LogP contribution in [0.5, 0.6) is 0 Å². The number of hydrogen-bond donors (Lipinski definition) is 2. The number of nitrogens with zero attached hydrogens (tertiary/aromatic N) is 2. The van der Waals surface area contributed by atoms with E-state index in [1.165, 1.54) is 0 Å². The molecule has 2 N–H and O–H groups in total. The quantitative estimate of drug-likeness (QED) is 0.806. The van der Waals surface area contributed by atoms with Crippen LogP contribution in [0.3, 0.4) is 0 Å². The molecule has 1 fully saturated rings. The van der Waals surface area contributed by atoms with Gasteiger partial charge in [0.05, 0.1) is 0 Å². The van der Waals surface area contributed by atoms with Crippen molar-refractivity contribution < 1.29 is 9.90 Å². The zero-order chi connectivity index (χ0) is 13.6. The number of hydrogen-bond acceptors (Lipinski definition) is 2. The fraction of sp³-hybridized carbons (Fsp3) is 0.692. The topological polar surface area (TPSA) is 69.2 Å². The van der Waals surface area contributed by atoms with Crippen LogP contribution in [0.4, 0.5) is 4.79 Å². The van der Waals surface area contributed by atoms with E-state index in [1.807, 2.05) is 6.92 Å². The number of carboxylic acid groups (broad SMARTS) is 1. The molecule has 0 spiro atoms. The van der Waals surface area contributed by atoms with Crippen LogP contribution in [-0.2, 0) is 5.54 Å². The summed E-state index contributed by atoms with van der Waals surface area (Å²) in [4.78, 5) is 20.7. The second-order valence-electron chi connectivity index (χ2n) is 6.06. The van der Waals surface area contributed by atoms with E-state index in [2.05, 4.69) is 30.7 Å². The molecule has 5 heteroatoms. The standard InChI is InChI=1S/C13H21N3O2/c1-9-8-14-10(15-9)13(12(2,3)4)6-5-7-16(13)11(17)18/h8H,5-7H2,1-4H3,(H,14,15)(H,17,18)/t13-/m1/s1. The van der Waals surface area contributed by atoms with Crippen molar-refractivity contribution in [1.82, 2.24) is 14.9 Å². The maximum atomic E-state index is 11.5. The van der Waals surface area contributed by atoms with Crippen LogP contribution >= 0.6 is 0 Å². The molecule has 1 aromatic heterocycles. The lowest BCUT2D eigenvalue weighted by molar-refractivity contribution is 0.0216. The van der Waals surface area contributed by atoms with Crippen molar-refractivity contribution in [3.8, 4) is 0 Å². The molecule has 2 rings (SSSR count). The molecule has 0 aliphatic carbocycles. The summed E-state index contributed by atoms with van der Waals surface area (Å²) in [6, 6.07) is 0. The largest absolute Gasteiger partial charge is 0.465 e. The van der Waals surface area contributed by atoms with E-state index in [4.69, 9.17) is 0 Å². The van der Waals surface area contributed by atoms with Crippen molar-refractivity contribution in [2.24, 2.45) is 5.41 Å². The van der Waals surface area contributed by atoms with E-state index >= 15 is 0 Å². The van der Waals surface area contributed by atoms with Gasteiger partial charge in [-0.25, -0.2) is 9.78 Å². The SMILES string of the molecule is Cc1cnc([C@@]2(C(C)(C)C)CCCN2C(=O)O)[nH]1. The van der Waals surface area contributed by atoms with Crippen LogP contribution in [0.15, 0.2) is 6.20 Å². The van der Waals surface area contributed by atoms with Crippen molar-refractivity contribution in [3.05, 3.63) is 17.7 Å². The summed E-state index contributed by atoms with van der Waals surface area (Å²) in [5, 5.41) is 9.46. The molecule has 0 unspecified atom stereocenters. The van der Waals surface area contributed by atoms with Crippen molar-refractivity contribution in [2.75, 3.05) is 6.54 Å². The number of aryl methyl sites for hydroxylation is 1. The molecular formula is C13H21N3O2. The molecule has 100 valence electrons. The average Bonchev–Trinajstić information content (AvgIpc) is 2.81.